The highest BCUT2D eigenvalue weighted by Gasteiger charge is 2.29. The van der Waals surface area contributed by atoms with Crippen LogP contribution in [0.3, 0.4) is 0 Å². The lowest BCUT2D eigenvalue weighted by Gasteiger charge is -2.10. The van der Waals surface area contributed by atoms with E-state index in [1.54, 1.807) is 30.3 Å². The number of nitrogens with zero attached hydrogens (tertiary/aromatic N) is 4. The molecule has 0 aliphatic carbocycles. The van der Waals surface area contributed by atoms with E-state index in [2.05, 4.69) is 25.4 Å². The van der Waals surface area contributed by atoms with Crippen molar-refractivity contribution in [2.24, 2.45) is 0 Å². The molecule has 43 heavy (non-hydrogen) atoms. The summed E-state index contributed by atoms with van der Waals surface area (Å²) in [7, 11) is 0. The maximum atomic E-state index is 15.2. The summed E-state index contributed by atoms with van der Waals surface area (Å²) in [4.78, 5) is 23.9. The predicted molar refractivity (Wildman–Crippen MR) is 147 cm³/mol. The highest BCUT2D eigenvalue weighted by atomic mass is 19.4. The Morgan fingerprint density at radius 1 is 1.02 bits per heavy atom. The molecule has 3 aromatic heterocycles. The summed E-state index contributed by atoms with van der Waals surface area (Å²) in [6.07, 6.45) is -2.17. The summed E-state index contributed by atoms with van der Waals surface area (Å²) in [5.41, 5.74) is 7.78. The van der Waals surface area contributed by atoms with Gasteiger partial charge in [-0.2, -0.15) is 18.3 Å². The number of rotatable bonds is 7. The summed E-state index contributed by atoms with van der Waals surface area (Å²) in [5, 5.41) is 8.90. The summed E-state index contributed by atoms with van der Waals surface area (Å²) < 4.78 is 73.4. The van der Waals surface area contributed by atoms with Gasteiger partial charge in [0, 0.05) is 17.4 Å². The van der Waals surface area contributed by atoms with E-state index < -0.39 is 30.3 Å². The smallest absolute Gasteiger partial charge is 0.405 e. The molecule has 10 nitrogen and oxygen atoms in total. The minimum Gasteiger partial charge on any atom is -0.454 e. The highest BCUT2D eigenvalue weighted by Crippen LogP contribution is 2.34. The molecule has 0 aliphatic rings. The highest BCUT2D eigenvalue weighted by molar-refractivity contribution is 6.07. The van der Waals surface area contributed by atoms with Crippen LogP contribution in [0.15, 0.2) is 73.2 Å². The van der Waals surface area contributed by atoms with Crippen molar-refractivity contribution in [1.82, 2.24) is 29.9 Å². The number of nitrogens with one attached hydrogen (secondary N) is 3. The van der Waals surface area contributed by atoms with Crippen molar-refractivity contribution in [2.75, 3.05) is 17.6 Å². The van der Waals surface area contributed by atoms with E-state index in [-0.39, 0.29) is 45.4 Å². The number of fused-ring (bicyclic) bond motifs is 2. The van der Waals surface area contributed by atoms with Gasteiger partial charge in [-0.25, -0.2) is 23.3 Å². The number of aromatic amines is 1. The van der Waals surface area contributed by atoms with Crippen LogP contribution in [0.1, 0.15) is 10.4 Å². The number of anilines is 3. The second-order valence-electron chi connectivity index (χ2n) is 9.27. The van der Waals surface area contributed by atoms with E-state index in [0.29, 0.717) is 16.8 Å². The molecule has 0 saturated carbocycles. The molecule has 0 unspecified atom stereocenters. The number of halogens is 5. The zero-order valence-corrected chi connectivity index (χ0v) is 21.7. The first-order valence-corrected chi connectivity index (χ1v) is 12.5. The molecule has 5 N–H and O–H groups in total. The van der Waals surface area contributed by atoms with E-state index in [1.165, 1.54) is 41.0 Å². The minimum absolute atomic E-state index is 0.0224. The molecular formula is C28H19F5N8O2. The molecule has 0 saturated heterocycles. The first-order chi connectivity index (χ1) is 20.6. The number of amides is 1. The molecule has 3 heterocycles. The van der Waals surface area contributed by atoms with Crippen LogP contribution in [-0.2, 0) is 0 Å². The van der Waals surface area contributed by atoms with E-state index in [4.69, 9.17) is 10.5 Å². The first-order valence-electron chi connectivity index (χ1n) is 12.5. The van der Waals surface area contributed by atoms with Gasteiger partial charge in [0.1, 0.15) is 35.5 Å². The molecule has 0 aliphatic heterocycles. The predicted octanol–water partition coefficient (Wildman–Crippen LogP) is 5.96. The van der Waals surface area contributed by atoms with Gasteiger partial charge in [-0.05, 0) is 54.1 Å². The summed E-state index contributed by atoms with van der Waals surface area (Å²) in [6.45, 7) is -1.51. The lowest BCUT2D eigenvalue weighted by atomic mass is 10.0. The van der Waals surface area contributed by atoms with Gasteiger partial charge in [0.25, 0.3) is 5.91 Å². The topological polar surface area (TPSA) is 135 Å². The van der Waals surface area contributed by atoms with Crippen molar-refractivity contribution < 1.29 is 31.5 Å². The quantitative estimate of drug-likeness (QED) is 0.168. The number of carbonyl (C=O) groups excluding carboxylic acids is 1. The van der Waals surface area contributed by atoms with Crippen LogP contribution in [-0.4, -0.2) is 43.2 Å². The van der Waals surface area contributed by atoms with Gasteiger partial charge in [0.15, 0.2) is 17.4 Å². The van der Waals surface area contributed by atoms with Gasteiger partial charge in [0.2, 0.25) is 5.95 Å². The van der Waals surface area contributed by atoms with Crippen LogP contribution in [0.5, 0.6) is 11.5 Å². The third-order valence-corrected chi connectivity index (χ3v) is 6.33. The molecule has 0 spiro atoms. The fourth-order valence-corrected chi connectivity index (χ4v) is 4.43. The number of benzene rings is 3. The monoisotopic (exact) mass is 594 g/mol. The van der Waals surface area contributed by atoms with Crippen molar-refractivity contribution in [3.05, 3.63) is 90.4 Å². The average Bonchev–Trinajstić information content (AvgIpc) is 3.57. The molecule has 218 valence electrons. The third-order valence-electron chi connectivity index (χ3n) is 6.33. The molecule has 15 heteroatoms. The zero-order valence-electron chi connectivity index (χ0n) is 21.7. The standard InChI is InChI=1S/C28H19F5N8O2/c29-15-3-7-17(8-4-15)43-20-10-9-19-23(22(20)30)40-27(39-19)38-16-5-1-14(2-6-16)21-18(26(42)35-12-28(31,32)33)11-41-24(21)25(34)36-13-37-41/h1-11,13H,12H2,(H,35,42)(H2,34,36,37)(H2,38,39,40). The number of nitrogen functional groups attached to an aromatic ring is 1. The van der Waals surface area contributed by atoms with Crippen LogP contribution in [0.25, 0.3) is 27.7 Å². The summed E-state index contributed by atoms with van der Waals surface area (Å²) in [6, 6.07) is 14.6. The number of ether oxygens (including phenoxy) is 1. The molecule has 0 fully saturated rings. The number of carbonyl (C=O) groups is 1. The van der Waals surface area contributed by atoms with Crippen molar-refractivity contribution in [1.29, 1.82) is 0 Å². The number of hydrogen-bond acceptors (Lipinski definition) is 7. The van der Waals surface area contributed by atoms with Gasteiger partial charge in [-0.15, -0.1) is 0 Å². The van der Waals surface area contributed by atoms with Crippen LogP contribution in [0.4, 0.5) is 39.4 Å². The van der Waals surface area contributed by atoms with Crippen LogP contribution >= 0.6 is 0 Å². The Hall–Kier alpha value is -5.73. The molecule has 1 amide bonds. The van der Waals surface area contributed by atoms with Gasteiger partial charge in [0.05, 0.1) is 11.1 Å². The molecule has 0 bridgehead atoms. The minimum atomic E-state index is -4.60. The Bertz CT molecular complexity index is 1970. The normalized spacial score (nSPS) is 11.7. The SMILES string of the molecule is Nc1ncnn2cc(C(=O)NCC(F)(F)F)c(-c3ccc(Nc4nc5ccc(Oc6ccc(F)cc6)c(F)c5[nH]4)cc3)c12. The fraction of sp³-hybridized carbons (Fsp3) is 0.0714. The number of hydrogen-bond donors (Lipinski definition) is 4. The summed E-state index contributed by atoms with van der Waals surface area (Å²) >= 11 is 0. The zero-order chi connectivity index (χ0) is 30.3. The van der Waals surface area contributed by atoms with Crippen molar-refractivity contribution in [3.63, 3.8) is 0 Å². The Morgan fingerprint density at radius 2 is 1.77 bits per heavy atom. The first kappa shape index (κ1) is 27.4. The van der Waals surface area contributed by atoms with E-state index >= 15 is 4.39 Å². The molecular weight excluding hydrogens is 575 g/mol. The van der Waals surface area contributed by atoms with Gasteiger partial charge in [-0.1, -0.05) is 12.1 Å². The number of H-pyrrole nitrogens is 1. The molecule has 3 aromatic carbocycles. The number of alkyl halides is 3. The van der Waals surface area contributed by atoms with E-state index in [0.717, 1.165) is 6.33 Å². The second kappa shape index (κ2) is 10.6. The Morgan fingerprint density at radius 3 is 2.49 bits per heavy atom. The van der Waals surface area contributed by atoms with Crippen LogP contribution < -0.4 is 21.1 Å². The largest absolute Gasteiger partial charge is 0.454 e. The lowest BCUT2D eigenvalue weighted by Crippen LogP contribution is -2.33. The second-order valence-corrected chi connectivity index (χ2v) is 9.27. The number of imidazole rings is 1. The van der Waals surface area contributed by atoms with Gasteiger partial charge >= 0.3 is 6.18 Å². The molecule has 0 radical (unpaired) electrons. The summed E-state index contributed by atoms with van der Waals surface area (Å²) in [5.74, 6) is -1.72. The maximum Gasteiger partial charge on any atom is 0.405 e. The van der Waals surface area contributed by atoms with Gasteiger partial charge < -0.3 is 26.1 Å². The fourth-order valence-electron chi connectivity index (χ4n) is 4.43. The van der Waals surface area contributed by atoms with E-state index in [1.807, 2.05) is 5.32 Å². The Balaban J connectivity index is 1.27. The number of aromatic nitrogens is 5. The van der Waals surface area contributed by atoms with Crippen molar-refractivity contribution in [2.45, 2.75) is 6.18 Å². The van der Waals surface area contributed by atoms with Crippen molar-refractivity contribution in [3.8, 4) is 22.6 Å². The number of nitrogens with two attached hydrogens (primary N) is 1. The lowest BCUT2D eigenvalue weighted by molar-refractivity contribution is -0.123. The molecule has 6 rings (SSSR count). The van der Waals surface area contributed by atoms with Crippen LogP contribution in [0, 0.1) is 11.6 Å². The van der Waals surface area contributed by atoms with Gasteiger partial charge in [-0.3, -0.25) is 4.79 Å². The van der Waals surface area contributed by atoms with Crippen molar-refractivity contribution >= 4 is 39.9 Å². The Kier molecular flexibility index (Phi) is 6.76. The average molecular weight is 595 g/mol. The van der Waals surface area contributed by atoms with Crippen LogP contribution in [0.2, 0.25) is 0 Å². The molecule has 6 aromatic rings. The molecule has 0 atom stereocenters. The Labute approximate surface area is 238 Å². The third kappa shape index (κ3) is 5.59. The maximum absolute atomic E-state index is 15.2. The van der Waals surface area contributed by atoms with E-state index in [9.17, 15) is 22.4 Å².